The Kier molecular flexibility index (Phi) is 10.2. The standard InChI is InChI=1S/C32H39F3N3O4PS/c1-31(2,3)42-30(39)38-17-14-21(15-18-38)37-26-10-7-9-23-24(20-32(33,34)35)28(44-29(23)26)11-8-16-36-25-13-12-22(43(5,6)40)19-27(25)41-4/h7,9-10,12-13,19,21,36-37H,14-18,20H2,1-6H3. The molecule has 3 aromatic rings. The van der Waals surface area contributed by atoms with E-state index in [0.29, 0.717) is 52.9 Å². The van der Waals surface area contributed by atoms with Crippen LogP contribution in [0.15, 0.2) is 36.4 Å². The monoisotopic (exact) mass is 649 g/mol. The van der Waals surface area contributed by atoms with Crippen molar-refractivity contribution in [3.05, 3.63) is 46.8 Å². The van der Waals surface area contributed by atoms with Crippen LogP contribution >= 0.6 is 18.5 Å². The first-order valence-corrected chi connectivity index (χ1v) is 17.8. The number of piperidine rings is 1. The van der Waals surface area contributed by atoms with Crippen LogP contribution in [0.1, 0.15) is 44.1 Å². The molecule has 2 N–H and O–H groups in total. The molecule has 2 aromatic carbocycles. The average Bonchev–Trinajstić information content (AvgIpc) is 3.26. The van der Waals surface area contributed by atoms with Crippen LogP contribution in [0, 0.1) is 11.8 Å². The summed E-state index contributed by atoms with van der Waals surface area (Å²) in [6.45, 7) is 10.1. The van der Waals surface area contributed by atoms with Crippen LogP contribution in [0.5, 0.6) is 5.75 Å². The Morgan fingerprint density at radius 1 is 1.11 bits per heavy atom. The summed E-state index contributed by atoms with van der Waals surface area (Å²) >= 11 is 1.25. The maximum Gasteiger partial charge on any atom is 0.410 e. The molecule has 4 rings (SSSR count). The van der Waals surface area contributed by atoms with E-state index in [4.69, 9.17) is 9.47 Å². The smallest absolute Gasteiger partial charge is 0.410 e. The number of thiophene rings is 1. The summed E-state index contributed by atoms with van der Waals surface area (Å²) in [5.41, 5.74) is 1.000. The summed E-state index contributed by atoms with van der Waals surface area (Å²) in [4.78, 5) is 14.5. The predicted octanol–water partition coefficient (Wildman–Crippen LogP) is 7.54. The fourth-order valence-electron chi connectivity index (χ4n) is 4.94. The minimum atomic E-state index is -4.40. The van der Waals surface area contributed by atoms with Crippen molar-refractivity contribution < 1.29 is 32.0 Å². The van der Waals surface area contributed by atoms with Crippen molar-refractivity contribution in [1.29, 1.82) is 0 Å². The fraction of sp³-hybridized carbons (Fsp3) is 0.469. The van der Waals surface area contributed by atoms with Gasteiger partial charge in [0.15, 0.2) is 0 Å². The summed E-state index contributed by atoms with van der Waals surface area (Å²) in [6, 6.07) is 10.6. The van der Waals surface area contributed by atoms with Crippen molar-refractivity contribution in [3.8, 4) is 17.6 Å². The molecule has 44 heavy (non-hydrogen) atoms. The lowest BCUT2D eigenvalue weighted by molar-refractivity contribution is -0.126. The van der Waals surface area contributed by atoms with Crippen LogP contribution in [0.3, 0.4) is 0 Å². The van der Waals surface area contributed by atoms with E-state index < -0.39 is 25.3 Å². The zero-order chi connectivity index (χ0) is 32.3. The van der Waals surface area contributed by atoms with E-state index >= 15 is 0 Å². The number of rotatable bonds is 7. The Bertz CT molecular complexity index is 1610. The van der Waals surface area contributed by atoms with Gasteiger partial charge in [-0.15, -0.1) is 11.3 Å². The molecule has 0 atom stereocenters. The summed E-state index contributed by atoms with van der Waals surface area (Å²) in [5, 5.41) is 7.87. The van der Waals surface area contributed by atoms with Crippen LogP contribution in [-0.4, -0.2) is 68.9 Å². The summed E-state index contributed by atoms with van der Waals surface area (Å²) < 4.78 is 65.1. The molecule has 0 aliphatic carbocycles. The summed E-state index contributed by atoms with van der Waals surface area (Å²) in [5.74, 6) is 6.45. The number of alkyl halides is 3. The number of hydrogen-bond donors (Lipinski definition) is 2. The van der Waals surface area contributed by atoms with Gasteiger partial charge in [-0.05, 0) is 82.2 Å². The molecule has 0 unspecified atom stereocenters. The number of carbonyl (C=O) groups excluding carboxylic acids is 1. The topological polar surface area (TPSA) is 79.9 Å². The van der Waals surface area contributed by atoms with Crippen molar-refractivity contribution in [2.24, 2.45) is 0 Å². The Hall–Kier alpha value is -3.35. The molecular formula is C32H39F3N3O4PS. The highest BCUT2D eigenvalue weighted by Crippen LogP contribution is 2.40. The van der Waals surface area contributed by atoms with E-state index in [-0.39, 0.29) is 24.2 Å². The number of anilines is 2. The third-order valence-electron chi connectivity index (χ3n) is 7.08. The zero-order valence-electron chi connectivity index (χ0n) is 25.9. The van der Waals surface area contributed by atoms with Crippen LogP contribution in [0.2, 0.25) is 0 Å². The first-order chi connectivity index (χ1) is 20.5. The van der Waals surface area contributed by atoms with Crippen LogP contribution in [-0.2, 0) is 15.7 Å². The van der Waals surface area contributed by atoms with E-state index in [1.165, 1.54) is 18.4 Å². The van der Waals surface area contributed by atoms with Crippen molar-refractivity contribution in [1.82, 2.24) is 4.90 Å². The number of amides is 1. The molecule has 1 amide bonds. The number of fused-ring (bicyclic) bond motifs is 1. The van der Waals surface area contributed by atoms with Crippen LogP contribution in [0.25, 0.3) is 10.1 Å². The SMILES string of the molecule is COc1cc(P(C)(C)=O)ccc1NCC#Cc1sc2c(NC3CCN(C(=O)OC(C)(C)C)CC3)cccc2c1CC(F)(F)F. The number of likely N-dealkylation sites (tertiary alicyclic amines) is 1. The van der Waals surface area contributed by atoms with E-state index in [2.05, 4.69) is 22.5 Å². The average molecular weight is 650 g/mol. The predicted molar refractivity (Wildman–Crippen MR) is 173 cm³/mol. The van der Waals surface area contributed by atoms with Gasteiger partial charge in [0.25, 0.3) is 0 Å². The van der Waals surface area contributed by atoms with E-state index in [9.17, 15) is 22.5 Å². The van der Waals surface area contributed by atoms with Gasteiger partial charge in [-0.3, -0.25) is 0 Å². The Labute approximate surface area is 260 Å². The number of nitrogens with zero attached hydrogens (tertiary/aromatic N) is 1. The Morgan fingerprint density at radius 3 is 2.43 bits per heavy atom. The van der Waals surface area contributed by atoms with Gasteiger partial charge in [0, 0.05) is 24.4 Å². The highest BCUT2D eigenvalue weighted by Gasteiger charge is 2.32. The highest BCUT2D eigenvalue weighted by atomic mass is 32.1. The second kappa shape index (κ2) is 13.3. The molecule has 238 valence electrons. The number of hydrogen-bond acceptors (Lipinski definition) is 7. The molecule has 0 radical (unpaired) electrons. The third kappa shape index (κ3) is 8.86. The van der Waals surface area contributed by atoms with Gasteiger partial charge < -0.3 is 29.6 Å². The number of nitrogens with one attached hydrogen (secondary N) is 2. The first kappa shape index (κ1) is 33.5. The van der Waals surface area contributed by atoms with Crippen molar-refractivity contribution in [3.63, 3.8) is 0 Å². The third-order valence-corrected chi connectivity index (χ3v) is 9.80. The Balaban J connectivity index is 1.52. The van der Waals surface area contributed by atoms with Crippen molar-refractivity contribution >= 4 is 51.3 Å². The second-order valence-corrected chi connectivity index (χ2v) is 16.4. The summed E-state index contributed by atoms with van der Waals surface area (Å²) in [7, 11) is -0.953. The Morgan fingerprint density at radius 2 is 1.82 bits per heavy atom. The fourth-order valence-corrected chi connectivity index (χ4v) is 6.97. The van der Waals surface area contributed by atoms with Crippen LogP contribution in [0.4, 0.5) is 29.3 Å². The van der Waals surface area contributed by atoms with Gasteiger partial charge in [0.05, 0.1) is 41.0 Å². The number of methoxy groups -OCH3 is 1. The molecule has 1 aliphatic rings. The van der Waals surface area contributed by atoms with Gasteiger partial charge in [-0.2, -0.15) is 13.2 Å². The quantitative estimate of drug-likeness (QED) is 0.204. The molecule has 12 heteroatoms. The molecule has 1 fully saturated rings. The van der Waals surface area contributed by atoms with E-state index in [1.807, 2.05) is 26.8 Å². The normalized spacial score (nSPS) is 14.6. The van der Waals surface area contributed by atoms with Gasteiger partial charge in [0.1, 0.15) is 18.5 Å². The zero-order valence-corrected chi connectivity index (χ0v) is 27.6. The number of benzene rings is 2. The van der Waals surface area contributed by atoms with Gasteiger partial charge in [-0.25, -0.2) is 4.79 Å². The van der Waals surface area contributed by atoms with Gasteiger partial charge in [-0.1, -0.05) is 24.0 Å². The van der Waals surface area contributed by atoms with Gasteiger partial charge >= 0.3 is 12.3 Å². The minimum Gasteiger partial charge on any atom is -0.495 e. The molecule has 7 nitrogen and oxygen atoms in total. The molecule has 0 spiro atoms. The van der Waals surface area contributed by atoms with Crippen molar-refractivity contribution in [2.45, 2.75) is 57.9 Å². The number of ether oxygens (including phenoxy) is 2. The molecule has 1 aromatic heterocycles. The minimum absolute atomic E-state index is 0.0573. The molecule has 1 aliphatic heterocycles. The van der Waals surface area contributed by atoms with Gasteiger partial charge in [0.2, 0.25) is 0 Å². The maximum atomic E-state index is 13.7. The molecule has 0 saturated carbocycles. The maximum absolute atomic E-state index is 13.7. The highest BCUT2D eigenvalue weighted by molar-refractivity contribution is 7.70. The lowest BCUT2D eigenvalue weighted by atomic mass is 10.0. The second-order valence-electron chi connectivity index (χ2n) is 12.2. The molecule has 0 bridgehead atoms. The summed E-state index contributed by atoms with van der Waals surface area (Å²) in [6.07, 6.45) is -4.44. The largest absolute Gasteiger partial charge is 0.495 e. The molecule has 1 saturated heterocycles. The van der Waals surface area contributed by atoms with E-state index in [1.54, 1.807) is 48.6 Å². The molecular weight excluding hydrogens is 610 g/mol. The lowest BCUT2D eigenvalue weighted by Gasteiger charge is -2.34. The lowest BCUT2D eigenvalue weighted by Crippen LogP contribution is -2.44. The number of halogens is 3. The van der Waals surface area contributed by atoms with E-state index in [0.717, 1.165) is 10.4 Å². The molecule has 2 heterocycles. The first-order valence-electron chi connectivity index (χ1n) is 14.4. The number of carbonyl (C=O) groups is 1. The van der Waals surface area contributed by atoms with Crippen LogP contribution < -0.4 is 20.7 Å². The van der Waals surface area contributed by atoms with Crippen molar-refractivity contribution in [2.75, 3.05) is 50.7 Å².